The van der Waals surface area contributed by atoms with Crippen molar-refractivity contribution in [3.8, 4) is 5.75 Å². The Morgan fingerprint density at radius 1 is 1.55 bits per heavy atom. The Morgan fingerprint density at radius 3 is 2.90 bits per heavy atom. The van der Waals surface area contributed by atoms with Gasteiger partial charge in [-0.05, 0) is 32.7 Å². The first-order chi connectivity index (χ1) is 9.47. The second-order valence-corrected chi connectivity index (χ2v) is 5.35. The van der Waals surface area contributed by atoms with E-state index in [1.807, 2.05) is 4.90 Å². The number of aliphatic carboxylic acids is 1. The Hall–Kier alpha value is -1.82. The average Bonchev–Trinajstić information content (AvgIpc) is 2.41. The number of carbonyl (C=O) groups is 1. The number of likely N-dealkylation sites (tertiary alicyclic amines) is 1. The van der Waals surface area contributed by atoms with Gasteiger partial charge in [-0.1, -0.05) is 0 Å². The van der Waals surface area contributed by atoms with E-state index in [1.165, 1.54) is 19.4 Å². The fourth-order valence-corrected chi connectivity index (χ4v) is 2.63. The van der Waals surface area contributed by atoms with Crippen LogP contribution in [0.15, 0.2) is 17.1 Å². The van der Waals surface area contributed by atoms with Gasteiger partial charge in [-0.15, -0.1) is 0 Å². The summed E-state index contributed by atoms with van der Waals surface area (Å²) in [5, 5.41) is 9.45. The maximum absolute atomic E-state index is 11.7. The van der Waals surface area contributed by atoms with Gasteiger partial charge in [-0.25, -0.2) is 0 Å². The van der Waals surface area contributed by atoms with Crippen molar-refractivity contribution in [1.29, 1.82) is 0 Å². The number of rotatable bonds is 4. The molecule has 0 aromatic carbocycles. The van der Waals surface area contributed by atoms with Gasteiger partial charge in [-0.3, -0.25) is 14.5 Å². The third-order valence-corrected chi connectivity index (χ3v) is 4.02. The summed E-state index contributed by atoms with van der Waals surface area (Å²) < 4.78 is 4.92. The van der Waals surface area contributed by atoms with Crippen molar-refractivity contribution >= 4 is 5.97 Å². The number of carboxylic acids is 1. The zero-order chi connectivity index (χ0) is 14.8. The summed E-state index contributed by atoms with van der Waals surface area (Å²) in [4.78, 5) is 28.1. The van der Waals surface area contributed by atoms with Crippen molar-refractivity contribution < 1.29 is 14.6 Å². The first kappa shape index (κ1) is 14.6. The quantitative estimate of drug-likeness (QED) is 0.866. The molecule has 1 aromatic rings. The number of nitrogens with zero attached hydrogens (tertiary/aromatic N) is 1. The van der Waals surface area contributed by atoms with Crippen LogP contribution >= 0.6 is 0 Å². The first-order valence-electron chi connectivity index (χ1n) is 6.71. The number of piperidine rings is 1. The van der Waals surface area contributed by atoms with Crippen LogP contribution in [0.25, 0.3) is 0 Å². The van der Waals surface area contributed by atoms with Gasteiger partial charge < -0.3 is 14.8 Å². The molecule has 1 aliphatic rings. The van der Waals surface area contributed by atoms with Crippen molar-refractivity contribution in [3.63, 3.8) is 0 Å². The minimum absolute atomic E-state index is 0.199. The number of hydrogen-bond donors (Lipinski definition) is 2. The van der Waals surface area contributed by atoms with Crippen LogP contribution in [0, 0.1) is 0 Å². The molecule has 6 nitrogen and oxygen atoms in total. The monoisotopic (exact) mass is 280 g/mol. The Morgan fingerprint density at radius 2 is 2.30 bits per heavy atom. The van der Waals surface area contributed by atoms with Crippen LogP contribution in [0.4, 0.5) is 0 Å². The van der Waals surface area contributed by atoms with E-state index in [0.29, 0.717) is 18.7 Å². The van der Waals surface area contributed by atoms with Crippen molar-refractivity contribution in [3.05, 3.63) is 28.2 Å². The van der Waals surface area contributed by atoms with Crippen LogP contribution in [0.5, 0.6) is 5.75 Å². The van der Waals surface area contributed by atoms with Gasteiger partial charge in [0.1, 0.15) is 5.54 Å². The summed E-state index contributed by atoms with van der Waals surface area (Å²) >= 11 is 0. The third kappa shape index (κ3) is 2.70. The molecule has 20 heavy (non-hydrogen) atoms. The van der Waals surface area contributed by atoms with E-state index in [1.54, 1.807) is 6.92 Å². The second-order valence-electron chi connectivity index (χ2n) is 5.35. The molecule has 1 aromatic heterocycles. The van der Waals surface area contributed by atoms with Crippen LogP contribution in [-0.2, 0) is 11.3 Å². The van der Waals surface area contributed by atoms with Gasteiger partial charge in [0.05, 0.1) is 7.11 Å². The van der Waals surface area contributed by atoms with E-state index in [2.05, 4.69) is 4.98 Å². The van der Waals surface area contributed by atoms with Gasteiger partial charge in [0, 0.05) is 24.5 Å². The van der Waals surface area contributed by atoms with E-state index in [-0.39, 0.29) is 11.2 Å². The van der Waals surface area contributed by atoms with Gasteiger partial charge in [0.2, 0.25) is 5.43 Å². The number of aromatic nitrogens is 1. The predicted octanol–water partition coefficient (Wildman–Crippen LogP) is 1.21. The zero-order valence-electron chi connectivity index (χ0n) is 11.8. The molecule has 6 heteroatoms. The smallest absolute Gasteiger partial charge is 0.323 e. The number of aromatic amines is 1. The fourth-order valence-electron chi connectivity index (χ4n) is 2.63. The minimum atomic E-state index is -0.866. The fraction of sp³-hybridized carbons (Fsp3) is 0.571. The van der Waals surface area contributed by atoms with Crippen LogP contribution in [0.1, 0.15) is 31.9 Å². The van der Waals surface area contributed by atoms with Crippen LogP contribution < -0.4 is 10.2 Å². The Bertz CT molecular complexity index is 554. The summed E-state index contributed by atoms with van der Waals surface area (Å²) in [6.45, 7) is 2.88. The molecule has 0 saturated carbocycles. The van der Waals surface area contributed by atoms with Crippen LogP contribution in [0.3, 0.4) is 0 Å². The molecule has 0 radical (unpaired) electrons. The number of nitrogens with one attached hydrogen (secondary N) is 1. The molecule has 2 heterocycles. The highest BCUT2D eigenvalue weighted by Gasteiger charge is 2.41. The summed E-state index contributed by atoms with van der Waals surface area (Å²) in [5.41, 5.74) is -0.366. The van der Waals surface area contributed by atoms with Crippen LogP contribution in [0.2, 0.25) is 0 Å². The van der Waals surface area contributed by atoms with Crippen molar-refractivity contribution in [2.24, 2.45) is 0 Å². The lowest BCUT2D eigenvalue weighted by molar-refractivity contribution is -0.153. The van der Waals surface area contributed by atoms with E-state index in [9.17, 15) is 14.7 Å². The van der Waals surface area contributed by atoms with E-state index < -0.39 is 11.5 Å². The van der Waals surface area contributed by atoms with E-state index in [0.717, 1.165) is 19.4 Å². The molecule has 2 N–H and O–H groups in total. The summed E-state index contributed by atoms with van der Waals surface area (Å²) in [6, 6.07) is 1.47. The molecular weight excluding hydrogens is 260 g/mol. The number of methoxy groups -OCH3 is 1. The number of ether oxygens (including phenoxy) is 1. The standard InChI is InChI=1S/C14H20N2O4/c1-14(13(18)19)5-3-4-6-16(14)9-10-7-11(17)12(20-2)8-15-10/h7-8H,3-6,9H2,1-2H3,(H,15,17)(H,18,19)/t14-/m0/s1. The van der Waals surface area contributed by atoms with Gasteiger partial charge in [0.25, 0.3) is 0 Å². The maximum Gasteiger partial charge on any atom is 0.323 e. The highest BCUT2D eigenvalue weighted by atomic mass is 16.5. The third-order valence-electron chi connectivity index (χ3n) is 4.02. The number of pyridine rings is 1. The number of hydrogen-bond acceptors (Lipinski definition) is 4. The molecule has 0 amide bonds. The lowest BCUT2D eigenvalue weighted by Crippen LogP contribution is -2.54. The van der Waals surface area contributed by atoms with Gasteiger partial charge in [0.15, 0.2) is 5.75 Å². The lowest BCUT2D eigenvalue weighted by Gasteiger charge is -2.41. The normalized spacial score (nSPS) is 23.5. The summed E-state index contributed by atoms with van der Waals surface area (Å²) in [7, 11) is 1.44. The first-order valence-corrected chi connectivity index (χ1v) is 6.71. The predicted molar refractivity (Wildman–Crippen MR) is 73.9 cm³/mol. The SMILES string of the molecule is COc1c[nH]c(CN2CCCC[C@@]2(C)C(=O)O)cc1=O. The van der Waals surface area contributed by atoms with Crippen molar-refractivity contribution in [1.82, 2.24) is 9.88 Å². The minimum Gasteiger partial charge on any atom is -0.491 e. The van der Waals surface area contributed by atoms with Crippen molar-refractivity contribution in [2.75, 3.05) is 13.7 Å². The molecule has 0 spiro atoms. The highest BCUT2D eigenvalue weighted by Crippen LogP contribution is 2.29. The highest BCUT2D eigenvalue weighted by molar-refractivity contribution is 5.78. The Labute approximate surface area is 117 Å². The molecule has 0 aliphatic carbocycles. The topological polar surface area (TPSA) is 82.6 Å². The molecule has 110 valence electrons. The lowest BCUT2D eigenvalue weighted by atomic mass is 9.88. The molecule has 1 aliphatic heterocycles. The Kier molecular flexibility index (Phi) is 4.13. The molecule has 1 atom stereocenters. The van der Waals surface area contributed by atoms with E-state index >= 15 is 0 Å². The second kappa shape index (κ2) is 5.66. The molecule has 0 unspecified atom stereocenters. The number of carboxylic acid groups (broad SMARTS) is 1. The molecule has 2 rings (SSSR count). The maximum atomic E-state index is 11.7. The zero-order valence-corrected chi connectivity index (χ0v) is 11.8. The largest absolute Gasteiger partial charge is 0.491 e. The Balaban J connectivity index is 2.21. The van der Waals surface area contributed by atoms with Crippen LogP contribution in [-0.4, -0.2) is 40.2 Å². The average molecular weight is 280 g/mol. The number of H-pyrrole nitrogens is 1. The van der Waals surface area contributed by atoms with Crippen molar-refractivity contribution in [2.45, 2.75) is 38.3 Å². The van der Waals surface area contributed by atoms with E-state index in [4.69, 9.17) is 4.74 Å². The molecule has 1 fully saturated rings. The molecular formula is C14H20N2O4. The molecule has 0 bridgehead atoms. The molecule has 1 saturated heterocycles. The van der Waals surface area contributed by atoms with Gasteiger partial charge >= 0.3 is 5.97 Å². The summed E-state index contributed by atoms with van der Waals surface area (Å²) in [5.74, 6) is -0.554. The van der Waals surface area contributed by atoms with Gasteiger partial charge in [-0.2, -0.15) is 0 Å². The summed E-state index contributed by atoms with van der Waals surface area (Å²) in [6.07, 6.45) is 4.03.